The number of carbonyl (C=O) groups is 4. The zero-order valence-electron chi connectivity index (χ0n) is 51.1. The van der Waals surface area contributed by atoms with Crippen LogP contribution < -0.4 is 16.8 Å². The molecule has 3 saturated heterocycles. The zero-order valence-corrected chi connectivity index (χ0v) is 51.1. The molecule has 4 rings (SSSR count). The normalized spacial score (nSPS) is 36.0. The molecule has 4 heterocycles. The Labute approximate surface area is 512 Å². The first kappa shape index (κ1) is 74.9. The van der Waals surface area contributed by atoms with Crippen molar-refractivity contribution in [3.63, 3.8) is 0 Å². The highest BCUT2D eigenvalue weighted by atomic mass is 16.7. The Morgan fingerprint density at radius 3 is 1.93 bits per heavy atom. The minimum absolute atomic E-state index is 0.0417. The number of cyclic esters (lactones) is 1. The van der Waals surface area contributed by atoms with E-state index in [1.165, 1.54) is 0 Å². The van der Waals surface area contributed by atoms with E-state index in [1.54, 1.807) is 92.5 Å². The summed E-state index contributed by atoms with van der Waals surface area (Å²) in [5, 5.41) is 125. The van der Waals surface area contributed by atoms with Crippen LogP contribution in [0.3, 0.4) is 0 Å². The van der Waals surface area contributed by atoms with Gasteiger partial charge in [0.1, 0.15) is 18.1 Å². The number of esters is 1. The largest absolute Gasteiger partial charge is 0.481 e. The maximum absolute atomic E-state index is 13.3. The number of nitrogens with two attached hydrogens (primary N) is 2. The van der Waals surface area contributed by atoms with Crippen LogP contribution in [0.25, 0.3) is 0 Å². The summed E-state index contributed by atoms with van der Waals surface area (Å²) >= 11 is 0. The summed E-state index contributed by atoms with van der Waals surface area (Å²) in [6.07, 6.45) is 7.46. The SMILES string of the molecule is C[C@@H]1[C@H](O)[C@@H](C)C=CC=CC=CC=CC=CC=CC=C[C@H](O[C@@H]2O[C@H](C)[C@@H](O)[C@H](N3CCN(C(=O)CCCCCNC(=O)C(N)CCCCN)CC3)[C@@H]2O)CC2O[C@](O)(C[C@@H](O)C[C@@H](O)[C@H](O)CC[C@@H](O)C[C@@H](O)CC(=O)O[C@H]1C)C[C@H](O)[C@H]2C(=O)O. The van der Waals surface area contributed by atoms with Gasteiger partial charge in [-0.25, -0.2) is 0 Å². The molecule has 2 bridgehead atoms. The lowest BCUT2D eigenvalue weighted by molar-refractivity contribution is -0.312. The molecular weight excluding hydrogens is 1130 g/mol. The molecule has 494 valence electrons. The first-order chi connectivity index (χ1) is 41.3. The van der Waals surface area contributed by atoms with E-state index in [4.69, 9.17) is 30.4 Å². The Morgan fingerprint density at radius 2 is 1.31 bits per heavy atom. The van der Waals surface area contributed by atoms with Crippen molar-refractivity contribution in [1.82, 2.24) is 15.1 Å². The summed E-state index contributed by atoms with van der Waals surface area (Å²) in [5.74, 6) is -7.24. The van der Waals surface area contributed by atoms with Gasteiger partial charge in [-0.1, -0.05) is 112 Å². The van der Waals surface area contributed by atoms with Crippen molar-refractivity contribution in [3.8, 4) is 0 Å². The highest BCUT2D eigenvalue weighted by Gasteiger charge is 2.52. The number of carboxylic acid groups (broad SMARTS) is 1. The molecule has 0 aromatic rings. The van der Waals surface area contributed by atoms with Gasteiger partial charge in [0.15, 0.2) is 12.1 Å². The fraction of sp³-hybridized carbons (Fsp3) is 0.714. The van der Waals surface area contributed by atoms with Gasteiger partial charge in [0.25, 0.3) is 0 Å². The number of fused-ring (bicyclic) bond motifs is 2. The molecule has 24 nitrogen and oxygen atoms in total. The fourth-order valence-electron chi connectivity index (χ4n) is 11.3. The van der Waals surface area contributed by atoms with E-state index in [2.05, 4.69) is 5.32 Å². The van der Waals surface area contributed by atoms with E-state index in [0.29, 0.717) is 65.0 Å². The Balaban J connectivity index is 1.50. The zero-order chi connectivity index (χ0) is 64.2. The molecule has 20 atom stereocenters. The molecule has 24 heteroatoms. The number of amides is 2. The molecule has 2 amide bonds. The number of piperazine rings is 1. The molecular formula is C63H103N5O19. The van der Waals surface area contributed by atoms with Crippen molar-refractivity contribution in [2.24, 2.45) is 29.2 Å². The Hall–Kier alpha value is -4.58. The highest BCUT2D eigenvalue weighted by molar-refractivity contribution is 5.81. The second-order valence-corrected chi connectivity index (χ2v) is 23.9. The number of hydrogen-bond donors (Lipinski definition) is 14. The maximum atomic E-state index is 13.3. The molecule has 87 heavy (non-hydrogen) atoms. The van der Waals surface area contributed by atoms with E-state index < -0.39 is 153 Å². The second-order valence-electron chi connectivity index (χ2n) is 23.9. The number of rotatable bonds is 15. The van der Waals surface area contributed by atoms with Gasteiger partial charge in [-0.15, -0.1) is 0 Å². The number of aliphatic hydroxyl groups excluding tert-OH is 9. The first-order valence-corrected chi connectivity index (χ1v) is 31.0. The summed E-state index contributed by atoms with van der Waals surface area (Å²) in [6.45, 7) is 9.06. The number of nitrogens with one attached hydrogen (secondary N) is 1. The number of ether oxygens (including phenoxy) is 4. The van der Waals surface area contributed by atoms with Gasteiger partial charge in [-0.3, -0.25) is 24.1 Å². The van der Waals surface area contributed by atoms with Gasteiger partial charge in [-0.05, 0) is 65.3 Å². The average molecular weight is 1230 g/mol. The minimum Gasteiger partial charge on any atom is -0.481 e. The first-order valence-electron chi connectivity index (χ1n) is 31.0. The third-order valence-corrected chi connectivity index (χ3v) is 16.7. The topological polar surface area (TPSA) is 398 Å². The van der Waals surface area contributed by atoms with Crippen LogP contribution in [0.1, 0.15) is 124 Å². The Kier molecular flexibility index (Phi) is 33.4. The van der Waals surface area contributed by atoms with Crippen molar-refractivity contribution < 1.29 is 94.3 Å². The van der Waals surface area contributed by atoms with Crippen LogP contribution in [0.4, 0.5) is 0 Å². The third kappa shape index (κ3) is 26.0. The molecule has 0 aromatic heterocycles. The Bertz CT molecular complexity index is 2280. The molecule has 4 aliphatic heterocycles. The number of unbranched alkanes of at least 4 members (excludes halogenated alkanes) is 3. The number of nitrogens with zero attached hydrogens (tertiary/aromatic N) is 2. The molecule has 2 unspecified atom stereocenters. The van der Waals surface area contributed by atoms with Crippen LogP contribution in [0.5, 0.6) is 0 Å². The lowest BCUT2D eigenvalue weighted by Gasteiger charge is -2.49. The van der Waals surface area contributed by atoms with Crippen LogP contribution in [0, 0.1) is 17.8 Å². The molecule has 0 saturated carbocycles. The van der Waals surface area contributed by atoms with Gasteiger partial charge >= 0.3 is 11.9 Å². The van der Waals surface area contributed by atoms with Crippen molar-refractivity contribution in [2.75, 3.05) is 39.3 Å². The molecule has 4 aliphatic rings. The van der Waals surface area contributed by atoms with Crippen LogP contribution >= 0.6 is 0 Å². The van der Waals surface area contributed by atoms with E-state index >= 15 is 0 Å². The van der Waals surface area contributed by atoms with Crippen LogP contribution in [0.15, 0.2) is 85.1 Å². The van der Waals surface area contributed by atoms with Gasteiger partial charge in [0.05, 0.1) is 85.6 Å². The van der Waals surface area contributed by atoms with Crippen molar-refractivity contribution in [2.45, 2.75) is 228 Å². The van der Waals surface area contributed by atoms with Crippen molar-refractivity contribution >= 4 is 23.8 Å². The van der Waals surface area contributed by atoms with Crippen LogP contribution in [-0.2, 0) is 38.1 Å². The molecule has 0 radical (unpaired) electrons. The lowest BCUT2D eigenvalue weighted by Crippen LogP contribution is -2.66. The molecule has 0 spiro atoms. The summed E-state index contributed by atoms with van der Waals surface area (Å²) < 4.78 is 24.1. The van der Waals surface area contributed by atoms with Crippen molar-refractivity contribution in [3.05, 3.63) is 85.1 Å². The third-order valence-electron chi connectivity index (χ3n) is 16.7. The highest BCUT2D eigenvalue weighted by Crippen LogP contribution is 2.39. The lowest BCUT2D eigenvalue weighted by atomic mass is 9.82. The number of allylic oxidation sites excluding steroid dienone is 12. The monoisotopic (exact) mass is 1230 g/mol. The van der Waals surface area contributed by atoms with Crippen LogP contribution in [0.2, 0.25) is 0 Å². The predicted octanol–water partition coefficient (Wildman–Crippen LogP) is 1.03. The summed E-state index contributed by atoms with van der Waals surface area (Å²) in [4.78, 5) is 54.7. The summed E-state index contributed by atoms with van der Waals surface area (Å²) in [6, 6.07) is -1.52. The predicted molar refractivity (Wildman–Crippen MR) is 323 cm³/mol. The van der Waals surface area contributed by atoms with Crippen molar-refractivity contribution in [1.29, 1.82) is 0 Å². The number of aliphatic hydroxyl groups is 10. The van der Waals surface area contributed by atoms with E-state index in [1.807, 2.05) is 30.1 Å². The minimum atomic E-state index is -2.38. The van der Waals surface area contributed by atoms with Gasteiger partial charge < -0.3 is 96.8 Å². The number of carboxylic acids is 1. The van der Waals surface area contributed by atoms with Gasteiger partial charge in [0, 0.05) is 76.7 Å². The molecule has 0 aliphatic carbocycles. The van der Waals surface area contributed by atoms with E-state index in [0.717, 1.165) is 19.3 Å². The number of hydrogen-bond acceptors (Lipinski definition) is 21. The standard InChI is InChI=1S/C63H103N5O19/c1-40-22-16-13-11-9-7-5-6-8-10-12-14-17-23-47(86-62-59(79)56(58(78)43(4)85-62)68-32-30-67(31-33-68)53(75)25-18-15-21-29-66-60(80)48(65)24-19-20-28-64)37-52-55(61(81)82)51(74)39-63(83,87-52)38-46(71)35-50(73)49(72)27-26-44(69)34-45(70)36-54(76)84-42(3)41(2)57(40)77/h5-14,16-17,22-23,40-52,55-59,62,69-74,77-79,83H,15,18-21,24-39,64-65H2,1-4H3,(H,66,80)(H,81,82)/t40-,41-,42-,43+,44+,45+,46-,47-,48?,49+,50+,51-,52?,55+,56-,57+,58+,59-,62-,63+/m0/s1. The molecule has 3 fully saturated rings. The Morgan fingerprint density at radius 1 is 0.690 bits per heavy atom. The number of aliphatic carboxylic acids is 1. The number of carbonyl (C=O) groups excluding carboxylic acids is 3. The van der Waals surface area contributed by atoms with E-state index in [-0.39, 0.29) is 43.4 Å². The molecule has 0 aromatic carbocycles. The van der Waals surface area contributed by atoms with Crippen LogP contribution in [-0.4, -0.2) is 233 Å². The maximum Gasteiger partial charge on any atom is 0.311 e. The van der Waals surface area contributed by atoms with Gasteiger partial charge in [-0.2, -0.15) is 0 Å². The summed E-state index contributed by atoms with van der Waals surface area (Å²) in [5.41, 5.74) is 11.5. The smallest absolute Gasteiger partial charge is 0.311 e. The summed E-state index contributed by atoms with van der Waals surface area (Å²) in [7, 11) is 0. The second kappa shape index (κ2) is 38.9. The average Bonchev–Trinajstić information content (AvgIpc) is 2.25. The fourth-order valence-corrected chi connectivity index (χ4v) is 11.3. The quantitative estimate of drug-likeness (QED) is 0.0804. The van der Waals surface area contributed by atoms with Gasteiger partial charge in [0.2, 0.25) is 11.8 Å². The molecule has 16 N–H and O–H groups in total. The van der Waals surface area contributed by atoms with E-state index in [9.17, 15) is 75.3 Å².